The quantitative estimate of drug-likeness (QED) is 0.642. The summed E-state index contributed by atoms with van der Waals surface area (Å²) in [6, 6.07) is 9.05. The summed E-state index contributed by atoms with van der Waals surface area (Å²) in [5, 5.41) is 3.80. The van der Waals surface area contributed by atoms with Crippen LogP contribution in [0.1, 0.15) is 0 Å². The number of nitrogens with zero attached hydrogens (tertiary/aromatic N) is 3. The summed E-state index contributed by atoms with van der Waals surface area (Å²) < 4.78 is 1.08. The van der Waals surface area contributed by atoms with E-state index in [-0.39, 0.29) is 0 Å². The third-order valence-electron chi connectivity index (χ3n) is 2.39. The second-order valence-electron chi connectivity index (χ2n) is 3.50. The number of rotatable bonds is 2. The number of nitroso groups, excluding NO2 is 1. The van der Waals surface area contributed by atoms with E-state index in [1.54, 1.807) is 41.9 Å². The molecule has 0 saturated heterocycles. The number of aromatic nitrogens is 2. The number of thiazole rings is 1. The Morgan fingerprint density at radius 3 is 3.00 bits per heavy atom. The molecule has 0 bridgehead atoms. The minimum atomic E-state index is 0.417. The second-order valence-corrected chi connectivity index (χ2v) is 4.53. The van der Waals surface area contributed by atoms with Crippen LogP contribution in [0.5, 0.6) is 0 Å². The predicted molar refractivity (Wildman–Crippen MR) is 68.3 cm³/mol. The van der Waals surface area contributed by atoms with Crippen LogP contribution >= 0.6 is 11.3 Å². The Labute approximate surface area is 101 Å². The fraction of sp³-hybridized carbons (Fsp3) is 0. The molecular formula is C12H7N3OS. The van der Waals surface area contributed by atoms with Crippen LogP contribution in [0, 0.1) is 4.91 Å². The van der Waals surface area contributed by atoms with Gasteiger partial charge in [-0.3, -0.25) is 4.98 Å². The second kappa shape index (κ2) is 4.03. The highest BCUT2D eigenvalue weighted by atomic mass is 32.1. The van der Waals surface area contributed by atoms with Crippen molar-refractivity contribution >= 4 is 27.2 Å². The molecule has 4 nitrogen and oxygen atoms in total. The summed E-state index contributed by atoms with van der Waals surface area (Å²) in [6.07, 6.45) is 3.48. The zero-order valence-corrected chi connectivity index (χ0v) is 9.52. The van der Waals surface area contributed by atoms with Gasteiger partial charge in [0.15, 0.2) is 0 Å². The summed E-state index contributed by atoms with van der Waals surface area (Å²) in [4.78, 5) is 19.0. The van der Waals surface area contributed by atoms with E-state index in [4.69, 9.17) is 0 Å². The van der Waals surface area contributed by atoms with E-state index >= 15 is 0 Å². The average Bonchev–Trinajstić information content (AvgIpc) is 2.82. The molecule has 2 heterocycles. The van der Waals surface area contributed by atoms with Gasteiger partial charge in [0.05, 0.1) is 10.9 Å². The molecule has 1 aromatic carbocycles. The molecular weight excluding hydrogens is 234 g/mol. The van der Waals surface area contributed by atoms with Gasteiger partial charge in [0.2, 0.25) is 0 Å². The molecule has 0 aliphatic heterocycles. The van der Waals surface area contributed by atoms with E-state index in [0.29, 0.717) is 5.69 Å². The largest absolute Gasteiger partial charge is 0.262 e. The Balaban J connectivity index is 2.16. The molecule has 2 aromatic heterocycles. The maximum absolute atomic E-state index is 10.5. The van der Waals surface area contributed by atoms with E-state index < -0.39 is 0 Å². The number of fused-ring (bicyclic) bond motifs is 1. The van der Waals surface area contributed by atoms with Crippen molar-refractivity contribution in [1.82, 2.24) is 9.97 Å². The van der Waals surface area contributed by atoms with Crippen LogP contribution in [0.2, 0.25) is 0 Å². The Morgan fingerprint density at radius 2 is 2.18 bits per heavy atom. The molecule has 0 aliphatic rings. The lowest BCUT2D eigenvalue weighted by Gasteiger charge is -1.95. The number of benzene rings is 1. The molecule has 0 aliphatic carbocycles. The van der Waals surface area contributed by atoms with Crippen LogP contribution < -0.4 is 0 Å². The van der Waals surface area contributed by atoms with E-state index in [9.17, 15) is 4.91 Å². The SMILES string of the molecule is O=Nc1cccc(-c2nc3cnccc3s2)c1. The molecule has 17 heavy (non-hydrogen) atoms. The normalized spacial score (nSPS) is 10.6. The molecule has 0 unspecified atom stereocenters. The minimum absolute atomic E-state index is 0.417. The van der Waals surface area contributed by atoms with E-state index in [1.165, 1.54) is 0 Å². The van der Waals surface area contributed by atoms with E-state index in [1.807, 2.05) is 12.1 Å². The first kappa shape index (κ1) is 10.0. The highest BCUT2D eigenvalue weighted by Crippen LogP contribution is 2.31. The molecule has 0 saturated carbocycles. The highest BCUT2D eigenvalue weighted by molar-refractivity contribution is 7.21. The van der Waals surface area contributed by atoms with Crippen LogP contribution in [-0.4, -0.2) is 9.97 Å². The average molecular weight is 241 g/mol. The Bertz CT molecular complexity index is 660. The van der Waals surface area contributed by atoms with Crippen molar-refractivity contribution in [3.05, 3.63) is 47.6 Å². The predicted octanol–water partition coefficient (Wildman–Crippen LogP) is 3.76. The zero-order chi connectivity index (χ0) is 11.7. The summed E-state index contributed by atoms with van der Waals surface area (Å²) in [5.74, 6) is 0. The van der Waals surface area contributed by atoms with Gasteiger partial charge in [0, 0.05) is 11.8 Å². The molecule has 5 heteroatoms. The van der Waals surface area contributed by atoms with Crippen LogP contribution in [0.3, 0.4) is 0 Å². The molecule has 3 rings (SSSR count). The van der Waals surface area contributed by atoms with Gasteiger partial charge in [0.1, 0.15) is 16.2 Å². The lowest BCUT2D eigenvalue weighted by atomic mass is 10.2. The van der Waals surface area contributed by atoms with Gasteiger partial charge in [-0.15, -0.1) is 16.2 Å². The van der Waals surface area contributed by atoms with Crippen LogP contribution in [-0.2, 0) is 0 Å². The van der Waals surface area contributed by atoms with Gasteiger partial charge in [-0.05, 0) is 23.4 Å². The molecule has 3 aromatic rings. The standard InChI is InChI=1S/C12H7N3OS/c16-15-9-3-1-2-8(6-9)12-14-10-7-13-5-4-11(10)17-12/h1-7H. The van der Waals surface area contributed by atoms with Crippen molar-refractivity contribution in [2.45, 2.75) is 0 Å². The first-order chi connectivity index (χ1) is 8.36. The van der Waals surface area contributed by atoms with Gasteiger partial charge in [-0.1, -0.05) is 12.1 Å². The molecule has 0 radical (unpaired) electrons. The summed E-state index contributed by atoms with van der Waals surface area (Å²) in [7, 11) is 0. The first-order valence-electron chi connectivity index (χ1n) is 5.01. The van der Waals surface area contributed by atoms with Crippen molar-refractivity contribution in [3.63, 3.8) is 0 Å². The summed E-state index contributed by atoms with van der Waals surface area (Å²) in [5.41, 5.74) is 2.19. The molecule has 0 amide bonds. The molecule has 0 fully saturated rings. The smallest absolute Gasteiger partial charge is 0.124 e. The zero-order valence-electron chi connectivity index (χ0n) is 8.70. The number of pyridine rings is 1. The van der Waals surface area contributed by atoms with Gasteiger partial charge in [-0.25, -0.2) is 4.98 Å². The third-order valence-corrected chi connectivity index (χ3v) is 3.47. The molecule has 0 spiro atoms. The summed E-state index contributed by atoms with van der Waals surface area (Å²) in [6.45, 7) is 0. The summed E-state index contributed by atoms with van der Waals surface area (Å²) >= 11 is 1.57. The van der Waals surface area contributed by atoms with Crippen LogP contribution in [0.15, 0.2) is 47.9 Å². The van der Waals surface area contributed by atoms with Crippen molar-refractivity contribution in [3.8, 4) is 10.6 Å². The van der Waals surface area contributed by atoms with Crippen molar-refractivity contribution in [2.75, 3.05) is 0 Å². The van der Waals surface area contributed by atoms with Crippen molar-refractivity contribution in [1.29, 1.82) is 0 Å². The van der Waals surface area contributed by atoms with Gasteiger partial charge >= 0.3 is 0 Å². The Hall–Kier alpha value is -2.14. The first-order valence-corrected chi connectivity index (χ1v) is 5.83. The Kier molecular flexibility index (Phi) is 2.38. The van der Waals surface area contributed by atoms with Crippen molar-refractivity contribution < 1.29 is 0 Å². The third kappa shape index (κ3) is 1.81. The fourth-order valence-corrected chi connectivity index (χ4v) is 2.53. The van der Waals surface area contributed by atoms with Crippen LogP contribution in [0.25, 0.3) is 20.8 Å². The highest BCUT2D eigenvalue weighted by Gasteiger charge is 2.06. The minimum Gasteiger partial charge on any atom is -0.262 e. The van der Waals surface area contributed by atoms with Crippen molar-refractivity contribution in [2.24, 2.45) is 5.18 Å². The maximum atomic E-state index is 10.5. The van der Waals surface area contributed by atoms with E-state index in [0.717, 1.165) is 20.8 Å². The fourth-order valence-electron chi connectivity index (χ4n) is 1.60. The monoisotopic (exact) mass is 241 g/mol. The van der Waals surface area contributed by atoms with E-state index in [2.05, 4.69) is 15.1 Å². The number of hydrogen-bond acceptors (Lipinski definition) is 5. The molecule has 0 N–H and O–H groups in total. The lowest BCUT2D eigenvalue weighted by molar-refractivity contribution is 1.34. The molecule has 0 atom stereocenters. The maximum Gasteiger partial charge on any atom is 0.124 e. The number of hydrogen-bond donors (Lipinski definition) is 0. The van der Waals surface area contributed by atoms with Gasteiger partial charge in [-0.2, -0.15) is 0 Å². The Morgan fingerprint density at radius 1 is 1.24 bits per heavy atom. The topological polar surface area (TPSA) is 55.2 Å². The lowest BCUT2D eigenvalue weighted by Crippen LogP contribution is -1.75. The van der Waals surface area contributed by atoms with Gasteiger partial charge < -0.3 is 0 Å². The van der Waals surface area contributed by atoms with Gasteiger partial charge in [0.25, 0.3) is 0 Å². The molecule has 82 valence electrons. The van der Waals surface area contributed by atoms with Crippen LogP contribution in [0.4, 0.5) is 5.69 Å².